The van der Waals surface area contributed by atoms with Gasteiger partial charge in [0, 0.05) is 0 Å². The fourth-order valence-corrected chi connectivity index (χ4v) is 0.196. The Bertz CT molecular complexity index is 96.6. The van der Waals surface area contributed by atoms with Crippen LogP contribution in [0.5, 0.6) is 0 Å². The molecule has 6 heavy (non-hydrogen) atoms. The van der Waals surface area contributed by atoms with E-state index in [-0.39, 0.29) is 0 Å². The molecule has 0 bridgehead atoms. The number of nitrogens with zero attached hydrogens (tertiary/aromatic N) is 2. The van der Waals surface area contributed by atoms with E-state index in [1.807, 2.05) is 0 Å². The van der Waals surface area contributed by atoms with Crippen LogP contribution in [0.1, 0.15) is 0 Å². The van der Waals surface area contributed by atoms with E-state index in [4.69, 9.17) is 5.26 Å². The molecule has 0 aromatic carbocycles. The minimum atomic E-state index is 0.428. The normalized spacial score (nSPS) is 6.17. The molecule has 0 aromatic heterocycles. The fraction of sp³-hybridized carbons (Fsp3) is 0. The van der Waals surface area contributed by atoms with Crippen LogP contribution in [0.25, 0.3) is 0 Å². The molecule has 0 aliphatic carbocycles. The molecule has 0 saturated carbocycles. The Morgan fingerprint density at radius 3 is 2.17 bits per heavy atom. The van der Waals surface area contributed by atoms with Crippen molar-refractivity contribution in [2.45, 2.75) is 0 Å². The Labute approximate surface area is 52.1 Å². The van der Waals surface area contributed by atoms with Gasteiger partial charge in [-0.2, -0.15) is 10.3 Å². The van der Waals surface area contributed by atoms with Crippen molar-refractivity contribution in [2.24, 2.45) is 4.99 Å². The van der Waals surface area contributed by atoms with Gasteiger partial charge in [-0.1, -0.05) is 0 Å². The summed E-state index contributed by atoms with van der Waals surface area (Å²) < 4.78 is 0.428. The van der Waals surface area contributed by atoms with Crippen LogP contribution in [0, 0.1) is 11.5 Å². The third-order valence-corrected chi connectivity index (χ3v) is 0.489. The molecule has 0 aliphatic heterocycles. The monoisotopic (exact) mass is 210 g/mol. The summed E-state index contributed by atoms with van der Waals surface area (Å²) in [5.41, 5.74) is 0. The molecule has 0 unspecified atom stereocenters. The Kier molecular flexibility index (Phi) is 3.38. The van der Waals surface area contributed by atoms with Crippen molar-refractivity contribution in [2.75, 3.05) is 0 Å². The minimum Gasteiger partial charge on any atom is -0.170 e. The van der Waals surface area contributed by atoms with Crippen LogP contribution in [0.2, 0.25) is 0 Å². The van der Waals surface area contributed by atoms with Crippen molar-refractivity contribution in [1.82, 2.24) is 0 Å². The topological polar surface area (TPSA) is 36.1 Å². The maximum atomic E-state index is 7.74. The summed E-state index contributed by atoms with van der Waals surface area (Å²) in [4.78, 5) is 3.18. The lowest BCUT2D eigenvalue weighted by Gasteiger charge is -1.64. The average molecular weight is 212 g/mol. The molecule has 0 fully saturated rings. The number of hydrogen-bond acceptors (Lipinski definition) is 2. The molecule has 32 valence electrons. The smallest absolute Gasteiger partial charge is 0.170 e. The zero-order chi connectivity index (χ0) is 4.99. The summed E-state index contributed by atoms with van der Waals surface area (Å²) in [5.74, 6) is 0. The maximum Gasteiger partial charge on any atom is 0.207 e. The zero-order valence-electron chi connectivity index (χ0n) is 2.65. The first kappa shape index (κ1) is 6.12. The van der Waals surface area contributed by atoms with E-state index in [1.165, 1.54) is 0 Å². The van der Waals surface area contributed by atoms with Gasteiger partial charge in [0.2, 0.25) is 6.19 Å². The van der Waals surface area contributed by atoms with Crippen LogP contribution in [0.3, 0.4) is 0 Å². The molecule has 0 aliphatic rings. The second-order valence-corrected chi connectivity index (χ2v) is 3.02. The molecule has 0 N–H and O–H groups in total. The predicted molar refractivity (Wildman–Crippen MR) is 30.9 cm³/mol. The van der Waals surface area contributed by atoms with Gasteiger partial charge in [0.1, 0.15) is 0 Å². The summed E-state index contributed by atoms with van der Waals surface area (Å²) in [6, 6.07) is 0. The second kappa shape index (κ2) is 3.32. The van der Waals surface area contributed by atoms with Crippen LogP contribution in [0.4, 0.5) is 0 Å². The van der Waals surface area contributed by atoms with Crippen molar-refractivity contribution in [3.63, 3.8) is 0 Å². The first-order valence-electron chi connectivity index (χ1n) is 1.05. The van der Waals surface area contributed by atoms with Gasteiger partial charge in [-0.05, 0) is 31.9 Å². The zero-order valence-corrected chi connectivity index (χ0v) is 5.82. The Morgan fingerprint density at radius 2 is 2.17 bits per heavy atom. The summed E-state index contributed by atoms with van der Waals surface area (Å²) in [7, 11) is 0. The number of aliphatic imine (C=N–C) groups is 1. The largest absolute Gasteiger partial charge is 0.207 e. The highest BCUT2D eigenvalue weighted by Crippen LogP contribution is 1.95. The van der Waals surface area contributed by atoms with Gasteiger partial charge in [-0.15, -0.1) is 0 Å². The quantitative estimate of drug-likeness (QED) is 0.443. The SMILES string of the molecule is N#CN=C(Br)Br. The van der Waals surface area contributed by atoms with Gasteiger partial charge in [-0.25, -0.2) is 0 Å². The van der Waals surface area contributed by atoms with E-state index in [0.29, 0.717) is 3.53 Å². The van der Waals surface area contributed by atoms with E-state index < -0.39 is 0 Å². The minimum absolute atomic E-state index is 0.428. The summed E-state index contributed by atoms with van der Waals surface area (Å²) >= 11 is 5.76. The molecule has 0 saturated heterocycles. The van der Waals surface area contributed by atoms with Crippen LogP contribution in [0.15, 0.2) is 4.99 Å². The van der Waals surface area contributed by atoms with E-state index in [1.54, 1.807) is 6.19 Å². The molecular weight excluding hydrogens is 212 g/mol. The Balaban J connectivity index is 3.51. The van der Waals surface area contributed by atoms with Crippen LogP contribution >= 0.6 is 31.9 Å². The highest BCUT2D eigenvalue weighted by Gasteiger charge is 1.74. The third-order valence-electron chi connectivity index (χ3n) is 0.135. The van der Waals surface area contributed by atoms with Gasteiger partial charge in [0.15, 0.2) is 3.53 Å². The second-order valence-electron chi connectivity index (χ2n) is 0.452. The van der Waals surface area contributed by atoms with Crippen molar-refractivity contribution in [3.05, 3.63) is 0 Å². The van der Waals surface area contributed by atoms with Crippen LogP contribution in [-0.2, 0) is 0 Å². The lowest BCUT2D eigenvalue weighted by atomic mass is 11.4. The van der Waals surface area contributed by atoms with E-state index in [2.05, 4.69) is 36.9 Å². The van der Waals surface area contributed by atoms with E-state index in [0.717, 1.165) is 0 Å². The molecule has 0 atom stereocenters. The predicted octanol–water partition coefficient (Wildman–Crippen LogP) is 1.61. The van der Waals surface area contributed by atoms with Crippen LogP contribution < -0.4 is 0 Å². The standard InChI is InChI=1S/C2Br2N2/c3-2(4)6-1-5. The molecule has 0 aromatic rings. The van der Waals surface area contributed by atoms with Crippen molar-refractivity contribution in [3.8, 4) is 6.19 Å². The number of rotatable bonds is 0. The number of halogens is 2. The number of hydrogen-bond donors (Lipinski definition) is 0. The molecule has 4 heteroatoms. The summed E-state index contributed by atoms with van der Waals surface area (Å²) in [6.45, 7) is 0. The average Bonchev–Trinajstić information content (AvgIpc) is 1.35. The first-order valence-corrected chi connectivity index (χ1v) is 2.63. The summed E-state index contributed by atoms with van der Waals surface area (Å²) in [6.07, 6.45) is 1.56. The summed E-state index contributed by atoms with van der Waals surface area (Å²) in [5, 5.41) is 7.74. The van der Waals surface area contributed by atoms with Gasteiger partial charge >= 0.3 is 0 Å². The molecule has 0 heterocycles. The molecule has 0 radical (unpaired) electrons. The molecule has 0 amide bonds. The Morgan fingerprint density at radius 1 is 1.67 bits per heavy atom. The first-order chi connectivity index (χ1) is 2.77. The molecule has 0 rings (SSSR count). The van der Waals surface area contributed by atoms with Gasteiger partial charge < -0.3 is 0 Å². The number of nitriles is 1. The van der Waals surface area contributed by atoms with E-state index >= 15 is 0 Å². The van der Waals surface area contributed by atoms with Crippen LogP contribution in [-0.4, -0.2) is 3.53 Å². The lowest BCUT2D eigenvalue weighted by Crippen LogP contribution is -1.58. The lowest BCUT2D eigenvalue weighted by molar-refractivity contribution is 1.45. The van der Waals surface area contributed by atoms with Crippen molar-refractivity contribution in [1.29, 1.82) is 5.26 Å². The van der Waals surface area contributed by atoms with Gasteiger partial charge in [0.25, 0.3) is 0 Å². The van der Waals surface area contributed by atoms with Crippen molar-refractivity contribution >= 4 is 35.4 Å². The molecule has 0 spiro atoms. The fourth-order valence-electron chi connectivity index (χ4n) is 0.0378. The third kappa shape index (κ3) is 4.12. The van der Waals surface area contributed by atoms with Gasteiger partial charge in [-0.3, -0.25) is 0 Å². The Hall–Kier alpha value is 0.120. The maximum absolute atomic E-state index is 7.74. The molecule has 2 nitrogen and oxygen atoms in total. The highest BCUT2D eigenvalue weighted by molar-refractivity contribution is 9.39. The highest BCUT2D eigenvalue weighted by atomic mass is 79.9. The molecular formula is C2Br2N2. The van der Waals surface area contributed by atoms with Gasteiger partial charge in [0.05, 0.1) is 0 Å². The van der Waals surface area contributed by atoms with E-state index in [9.17, 15) is 0 Å². The van der Waals surface area contributed by atoms with Crippen molar-refractivity contribution < 1.29 is 0 Å².